The Morgan fingerprint density at radius 2 is 1.50 bits per heavy atom. The van der Waals surface area contributed by atoms with Gasteiger partial charge in [0.2, 0.25) is 0 Å². The van der Waals surface area contributed by atoms with Crippen LogP contribution in [0.2, 0.25) is 5.04 Å². The summed E-state index contributed by atoms with van der Waals surface area (Å²) in [5.74, 6) is -0.835. The van der Waals surface area contributed by atoms with Crippen molar-refractivity contribution in [2.45, 2.75) is 76.3 Å². The molecule has 1 fully saturated rings. The highest BCUT2D eigenvalue weighted by molar-refractivity contribution is 6.99. The van der Waals surface area contributed by atoms with Gasteiger partial charge in [-0.15, -0.1) is 6.58 Å². The lowest BCUT2D eigenvalue weighted by Crippen LogP contribution is -2.67. The molecule has 1 saturated heterocycles. The molecule has 6 heteroatoms. The third kappa shape index (κ3) is 5.22. The molecule has 0 radical (unpaired) electrons. The molecule has 34 heavy (non-hydrogen) atoms. The van der Waals surface area contributed by atoms with Gasteiger partial charge in [0.1, 0.15) is 23.9 Å². The Labute approximate surface area is 205 Å². The van der Waals surface area contributed by atoms with Crippen LogP contribution in [0.3, 0.4) is 0 Å². The highest BCUT2D eigenvalue weighted by Gasteiger charge is 2.54. The summed E-state index contributed by atoms with van der Waals surface area (Å²) in [6.45, 7) is 16.2. The Morgan fingerprint density at radius 3 is 1.91 bits per heavy atom. The van der Waals surface area contributed by atoms with Crippen molar-refractivity contribution in [3.63, 3.8) is 0 Å². The second kappa shape index (κ2) is 10.1. The van der Waals surface area contributed by atoms with Gasteiger partial charge in [-0.2, -0.15) is 0 Å². The topological polar surface area (TPSA) is 57.2 Å². The summed E-state index contributed by atoms with van der Waals surface area (Å²) in [6, 6.07) is 21.0. The first-order valence-corrected chi connectivity index (χ1v) is 13.8. The largest absolute Gasteiger partial charge is 0.405 e. The lowest BCUT2D eigenvalue weighted by molar-refractivity contribution is -0.173. The lowest BCUT2D eigenvalue weighted by atomic mass is 9.92. The van der Waals surface area contributed by atoms with Crippen LogP contribution in [0, 0.1) is 0 Å². The van der Waals surface area contributed by atoms with E-state index in [4.69, 9.17) is 18.6 Å². The standard InChI is InChI=1S/C28H40O5Si/c1-9-28(7,29)25(30-8)24-23(32-27(5,6)33-24)20-31-34(26(2,3)4,21-16-12-10-13-17-21)22-18-14-11-15-19-22/h9-19,23-25,29H,1,20H2,2-8H3/t23?,24?,25?,28-/m0/s1. The SMILES string of the molecule is C=C[C@](C)(O)C(OC)C1OC(C)(C)OC1CO[Si](c1ccccc1)(c1ccccc1)C(C)(C)C. The first-order valence-electron chi connectivity index (χ1n) is 11.9. The van der Waals surface area contributed by atoms with Crippen molar-refractivity contribution in [3.8, 4) is 0 Å². The highest BCUT2D eigenvalue weighted by atomic mass is 28.4. The van der Waals surface area contributed by atoms with Crippen LogP contribution in [0.15, 0.2) is 73.3 Å². The number of ether oxygens (including phenoxy) is 3. The molecule has 3 unspecified atom stereocenters. The first kappa shape index (κ1) is 26.8. The van der Waals surface area contributed by atoms with Crippen LogP contribution in [0.5, 0.6) is 0 Å². The number of aliphatic hydroxyl groups is 1. The van der Waals surface area contributed by atoms with Crippen LogP contribution < -0.4 is 10.4 Å². The number of hydrogen-bond acceptors (Lipinski definition) is 5. The van der Waals surface area contributed by atoms with E-state index in [-0.39, 0.29) is 5.04 Å². The van der Waals surface area contributed by atoms with Crippen molar-refractivity contribution in [2.24, 2.45) is 0 Å². The molecule has 1 aliphatic heterocycles. The van der Waals surface area contributed by atoms with E-state index in [0.717, 1.165) is 0 Å². The molecule has 0 amide bonds. The smallest absolute Gasteiger partial charge is 0.261 e. The predicted octanol–water partition coefficient (Wildman–Crippen LogP) is 4.04. The van der Waals surface area contributed by atoms with Gasteiger partial charge in [0, 0.05) is 7.11 Å². The molecule has 1 N–H and O–H groups in total. The summed E-state index contributed by atoms with van der Waals surface area (Å²) in [5, 5.41) is 13.2. The molecule has 4 atom stereocenters. The fourth-order valence-electron chi connectivity index (χ4n) is 5.04. The van der Waals surface area contributed by atoms with Crippen LogP contribution in [0.4, 0.5) is 0 Å². The zero-order valence-corrected chi connectivity index (χ0v) is 22.6. The van der Waals surface area contributed by atoms with E-state index in [1.165, 1.54) is 16.4 Å². The maximum absolute atomic E-state index is 10.9. The molecule has 2 aromatic carbocycles. The molecule has 1 aliphatic rings. The molecule has 0 aromatic heterocycles. The van der Waals surface area contributed by atoms with Crippen molar-refractivity contribution < 1.29 is 23.7 Å². The van der Waals surface area contributed by atoms with E-state index in [0.29, 0.717) is 6.61 Å². The van der Waals surface area contributed by atoms with E-state index < -0.39 is 38.0 Å². The van der Waals surface area contributed by atoms with Gasteiger partial charge in [0.15, 0.2) is 5.79 Å². The van der Waals surface area contributed by atoms with Gasteiger partial charge < -0.3 is 23.7 Å². The molecule has 0 saturated carbocycles. The van der Waals surface area contributed by atoms with E-state index in [1.54, 1.807) is 14.0 Å². The quantitative estimate of drug-likeness (QED) is 0.430. The van der Waals surface area contributed by atoms with E-state index in [1.807, 2.05) is 26.0 Å². The summed E-state index contributed by atoms with van der Waals surface area (Å²) < 4.78 is 25.4. The van der Waals surface area contributed by atoms with Gasteiger partial charge in [0.25, 0.3) is 8.32 Å². The summed E-state index contributed by atoms with van der Waals surface area (Å²) in [6.07, 6.45) is -0.158. The van der Waals surface area contributed by atoms with Gasteiger partial charge >= 0.3 is 0 Å². The van der Waals surface area contributed by atoms with Crippen LogP contribution in [-0.2, 0) is 18.6 Å². The summed E-state index contributed by atoms with van der Waals surface area (Å²) in [5.41, 5.74) is -1.29. The predicted molar refractivity (Wildman–Crippen MR) is 139 cm³/mol. The second-order valence-electron chi connectivity index (χ2n) is 10.7. The summed E-state index contributed by atoms with van der Waals surface area (Å²) in [7, 11) is -1.18. The van der Waals surface area contributed by atoms with Gasteiger partial charge in [0.05, 0.1) is 6.61 Å². The third-order valence-electron chi connectivity index (χ3n) is 6.64. The third-order valence-corrected chi connectivity index (χ3v) is 11.6. The average molecular weight is 485 g/mol. The minimum atomic E-state index is -2.75. The normalized spacial score (nSPS) is 23.3. The Kier molecular flexibility index (Phi) is 7.92. The van der Waals surface area contributed by atoms with Crippen molar-refractivity contribution in [3.05, 3.63) is 73.3 Å². The van der Waals surface area contributed by atoms with Crippen LogP contribution in [0.1, 0.15) is 41.5 Å². The first-order chi connectivity index (χ1) is 15.9. The molecule has 0 spiro atoms. The lowest BCUT2D eigenvalue weighted by Gasteiger charge is -2.44. The average Bonchev–Trinajstić information content (AvgIpc) is 3.09. The maximum atomic E-state index is 10.9. The number of methoxy groups -OCH3 is 1. The van der Waals surface area contributed by atoms with Crippen molar-refractivity contribution >= 4 is 18.7 Å². The second-order valence-corrected chi connectivity index (χ2v) is 15.0. The van der Waals surface area contributed by atoms with Gasteiger partial charge in [-0.25, -0.2) is 0 Å². The molecule has 1 heterocycles. The van der Waals surface area contributed by atoms with E-state index >= 15 is 0 Å². The molecule has 3 rings (SSSR count). The van der Waals surface area contributed by atoms with Crippen molar-refractivity contribution in [2.75, 3.05) is 13.7 Å². The van der Waals surface area contributed by atoms with Gasteiger partial charge in [-0.1, -0.05) is 87.5 Å². The summed E-state index contributed by atoms with van der Waals surface area (Å²) in [4.78, 5) is 0. The van der Waals surface area contributed by atoms with Crippen LogP contribution in [0.25, 0.3) is 0 Å². The Hall–Kier alpha value is -1.80. The Bertz CT molecular complexity index is 897. The molecule has 186 valence electrons. The molecule has 0 aliphatic carbocycles. The number of benzene rings is 2. The van der Waals surface area contributed by atoms with Gasteiger partial charge in [-0.05, 0) is 36.2 Å². The molecule has 2 aromatic rings. The zero-order valence-electron chi connectivity index (χ0n) is 21.6. The van der Waals surface area contributed by atoms with E-state index in [9.17, 15) is 5.11 Å². The van der Waals surface area contributed by atoms with Crippen molar-refractivity contribution in [1.29, 1.82) is 0 Å². The minimum Gasteiger partial charge on any atom is -0.405 e. The molecule has 0 bridgehead atoms. The van der Waals surface area contributed by atoms with Crippen LogP contribution >= 0.6 is 0 Å². The molecule has 5 nitrogen and oxygen atoms in total. The monoisotopic (exact) mass is 484 g/mol. The minimum absolute atomic E-state index is 0.159. The Balaban J connectivity index is 2.04. The van der Waals surface area contributed by atoms with Crippen LogP contribution in [-0.4, -0.2) is 56.8 Å². The number of rotatable bonds is 9. The Morgan fingerprint density at radius 1 is 1.00 bits per heavy atom. The number of hydrogen-bond donors (Lipinski definition) is 1. The zero-order chi connectivity index (χ0) is 25.2. The fourth-order valence-corrected chi connectivity index (χ4v) is 9.61. The molecular formula is C28H40O5Si. The highest BCUT2D eigenvalue weighted by Crippen LogP contribution is 2.39. The van der Waals surface area contributed by atoms with Crippen molar-refractivity contribution in [1.82, 2.24) is 0 Å². The molecular weight excluding hydrogens is 444 g/mol. The summed E-state index contributed by atoms with van der Waals surface area (Å²) >= 11 is 0. The fraction of sp³-hybridized carbons (Fsp3) is 0.500. The maximum Gasteiger partial charge on any atom is 0.261 e. The van der Waals surface area contributed by atoms with Gasteiger partial charge in [-0.3, -0.25) is 0 Å². The van der Waals surface area contributed by atoms with E-state index in [2.05, 4.69) is 75.9 Å².